The highest BCUT2D eigenvalue weighted by Crippen LogP contribution is 2.23. The number of rotatable bonds is 3. The maximum atomic E-state index is 5.91. The minimum Gasteiger partial charge on any atom is -0.375 e. The maximum Gasteiger partial charge on any atom is 0.0565 e. The van der Waals surface area contributed by atoms with Crippen LogP contribution in [0.2, 0.25) is 5.02 Å². The van der Waals surface area contributed by atoms with Crippen molar-refractivity contribution in [3.63, 3.8) is 0 Å². The predicted octanol–water partition coefficient (Wildman–Crippen LogP) is 3.95. The van der Waals surface area contributed by atoms with Crippen molar-refractivity contribution in [1.82, 2.24) is 5.32 Å². The fraction of sp³-hybridized carbons (Fsp3) is 0.600. The summed E-state index contributed by atoms with van der Waals surface area (Å²) in [6, 6.07) is 8.96. The van der Waals surface area contributed by atoms with Gasteiger partial charge in [0.2, 0.25) is 0 Å². The molecule has 18 heavy (non-hydrogen) atoms. The molecule has 1 saturated heterocycles. The summed E-state index contributed by atoms with van der Waals surface area (Å²) < 4.78 is 5.76. The number of ether oxygens (including phenoxy) is 1. The highest BCUT2D eigenvalue weighted by Gasteiger charge is 2.25. The van der Waals surface area contributed by atoms with Crippen molar-refractivity contribution in [3.05, 3.63) is 34.9 Å². The van der Waals surface area contributed by atoms with E-state index in [4.69, 9.17) is 16.3 Å². The Labute approximate surface area is 115 Å². The number of halogens is 1. The largest absolute Gasteiger partial charge is 0.375 e. The van der Waals surface area contributed by atoms with Crippen LogP contribution in [0.15, 0.2) is 24.3 Å². The summed E-state index contributed by atoms with van der Waals surface area (Å²) in [5.74, 6) is 0. The van der Waals surface area contributed by atoms with Crippen molar-refractivity contribution >= 4 is 11.6 Å². The van der Waals surface area contributed by atoms with Crippen LogP contribution in [-0.2, 0) is 4.74 Å². The molecule has 1 heterocycles. The van der Waals surface area contributed by atoms with Crippen molar-refractivity contribution in [2.75, 3.05) is 0 Å². The van der Waals surface area contributed by atoms with Gasteiger partial charge in [-0.15, -0.1) is 0 Å². The molecule has 0 bridgehead atoms. The van der Waals surface area contributed by atoms with Crippen molar-refractivity contribution in [1.29, 1.82) is 0 Å². The Morgan fingerprint density at radius 2 is 1.72 bits per heavy atom. The van der Waals surface area contributed by atoms with Crippen LogP contribution in [0, 0.1) is 0 Å². The van der Waals surface area contributed by atoms with Crippen LogP contribution >= 0.6 is 11.6 Å². The van der Waals surface area contributed by atoms with Gasteiger partial charge in [0.1, 0.15) is 0 Å². The van der Waals surface area contributed by atoms with Gasteiger partial charge < -0.3 is 10.1 Å². The van der Waals surface area contributed by atoms with E-state index in [1.165, 1.54) is 5.56 Å². The minimum atomic E-state index is 0.351. The Morgan fingerprint density at radius 3 is 2.28 bits per heavy atom. The zero-order valence-corrected chi connectivity index (χ0v) is 12.1. The minimum absolute atomic E-state index is 0.351. The zero-order chi connectivity index (χ0) is 13.1. The molecule has 0 spiro atoms. The molecule has 3 heteroatoms. The first-order valence-corrected chi connectivity index (χ1v) is 7.09. The van der Waals surface area contributed by atoms with E-state index in [0.29, 0.717) is 24.3 Å². The van der Waals surface area contributed by atoms with Crippen LogP contribution in [0.4, 0.5) is 0 Å². The molecule has 1 aliphatic heterocycles. The molecule has 2 nitrogen and oxygen atoms in total. The molecule has 100 valence electrons. The molecule has 3 unspecified atom stereocenters. The molecule has 1 aromatic rings. The van der Waals surface area contributed by atoms with Gasteiger partial charge in [-0.2, -0.15) is 0 Å². The zero-order valence-electron chi connectivity index (χ0n) is 11.3. The average molecular weight is 268 g/mol. The Balaban J connectivity index is 1.94. The van der Waals surface area contributed by atoms with Crippen LogP contribution < -0.4 is 5.32 Å². The summed E-state index contributed by atoms with van der Waals surface area (Å²) in [7, 11) is 0. The topological polar surface area (TPSA) is 21.3 Å². The van der Waals surface area contributed by atoms with E-state index in [9.17, 15) is 0 Å². The van der Waals surface area contributed by atoms with E-state index in [-0.39, 0.29) is 0 Å². The predicted molar refractivity (Wildman–Crippen MR) is 76.0 cm³/mol. The van der Waals surface area contributed by atoms with Crippen molar-refractivity contribution in [3.8, 4) is 0 Å². The van der Waals surface area contributed by atoms with Gasteiger partial charge in [0.15, 0.2) is 0 Å². The fourth-order valence-electron chi connectivity index (χ4n) is 2.74. The monoisotopic (exact) mass is 267 g/mol. The maximum absolute atomic E-state index is 5.91. The molecule has 0 aromatic heterocycles. The van der Waals surface area contributed by atoms with E-state index in [2.05, 4.69) is 38.2 Å². The van der Waals surface area contributed by atoms with Gasteiger partial charge in [-0.05, 0) is 51.3 Å². The van der Waals surface area contributed by atoms with Gasteiger partial charge in [-0.1, -0.05) is 23.7 Å². The molecule has 0 aliphatic carbocycles. The average Bonchev–Trinajstić information content (AvgIpc) is 2.28. The molecule has 1 fully saturated rings. The summed E-state index contributed by atoms with van der Waals surface area (Å²) in [4.78, 5) is 0. The summed E-state index contributed by atoms with van der Waals surface area (Å²) >= 11 is 5.91. The molecule has 1 N–H and O–H groups in total. The third kappa shape index (κ3) is 3.71. The third-order valence-electron chi connectivity index (χ3n) is 3.55. The molecular weight excluding hydrogens is 246 g/mol. The van der Waals surface area contributed by atoms with E-state index < -0.39 is 0 Å². The lowest BCUT2D eigenvalue weighted by Crippen LogP contribution is -2.42. The summed E-state index contributed by atoms with van der Waals surface area (Å²) in [5, 5.41) is 4.48. The third-order valence-corrected chi connectivity index (χ3v) is 3.81. The number of hydrogen-bond donors (Lipinski definition) is 1. The van der Waals surface area contributed by atoms with Crippen molar-refractivity contribution in [2.45, 2.75) is 57.9 Å². The standard InChI is InChI=1S/C15H22ClNO/c1-10-8-15(9-11(2)18-10)17-12(3)13-4-6-14(16)7-5-13/h4-7,10-12,15,17H,8-9H2,1-3H3. The summed E-state index contributed by atoms with van der Waals surface area (Å²) in [6.07, 6.45) is 2.87. The summed E-state index contributed by atoms with van der Waals surface area (Å²) in [5.41, 5.74) is 1.28. The molecule has 1 aromatic carbocycles. The lowest BCUT2D eigenvalue weighted by atomic mass is 9.98. The molecule has 2 rings (SSSR count). The van der Waals surface area contributed by atoms with Crippen LogP contribution in [0.5, 0.6) is 0 Å². The van der Waals surface area contributed by atoms with Crippen LogP contribution in [-0.4, -0.2) is 18.2 Å². The van der Waals surface area contributed by atoms with E-state index in [0.717, 1.165) is 17.9 Å². The first-order chi connectivity index (χ1) is 8.54. The molecule has 0 radical (unpaired) electrons. The van der Waals surface area contributed by atoms with Crippen molar-refractivity contribution < 1.29 is 4.74 Å². The Bertz CT molecular complexity index is 369. The molecule has 1 aliphatic rings. The van der Waals surface area contributed by atoms with Gasteiger partial charge in [-0.3, -0.25) is 0 Å². The lowest BCUT2D eigenvalue weighted by Gasteiger charge is -2.34. The SMILES string of the molecule is CC1CC(NC(C)c2ccc(Cl)cc2)CC(C)O1. The smallest absolute Gasteiger partial charge is 0.0565 e. The van der Waals surface area contributed by atoms with Crippen LogP contribution in [0.1, 0.15) is 45.2 Å². The molecule has 0 amide bonds. The van der Waals surface area contributed by atoms with Gasteiger partial charge in [0.05, 0.1) is 12.2 Å². The Morgan fingerprint density at radius 1 is 1.17 bits per heavy atom. The van der Waals surface area contributed by atoms with E-state index in [1.54, 1.807) is 0 Å². The van der Waals surface area contributed by atoms with Gasteiger partial charge in [-0.25, -0.2) is 0 Å². The fourth-order valence-corrected chi connectivity index (χ4v) is 2.87. The lowest BCUT2D eigenvalue weighted by molar-refractivity contribution is -0.0433. The molecule has 0 saturated carbocycles. The van der Waals surface area contributed by atoms with Gasteiger partial charge in [0, 0.05) is 17.1 Å². The van der Waals surface area contributed by atoms with E-state index >= 15 is 0 Å². The second kappa shape index (κ2) is 6.05. The Kier molecular flexibility index (Phi) is 4.66. The highest BCUT2D eigenvalue weighted by atomic mass is 35.5. The second-order valence-electron chi connectivity index (χ2n) is 5.37. The van der Waals surface area contributed by atoms with Gasteiger partial charge in [0.25, 0.3) is 0 Å². The number of benzene rings is 1. The quantitative estimate of drug-likeness (QED) is 0.896. The summed E-state index contributed by atoms with van der Waals surface area (Å²) in [6.45, 7) is 6.50. The first-order valence-electron chi connectivity index (χ1n) is 6.71. The second-order valence-corrected chi connectivity index (χ2v) is 5.80. The van der Waals surface area contributed by atoms with E-state index in [1.807, 2.05) is 12.1 Å². The molecular formula is C15H22ClNO. The normalized spacial score (nSPS) is 30.1. The molecule has 3 atom stereocenters. The number of nitrogens with one attached hydrogen (secondary N) is 1. The van der Waals surface area contributed by atoms with Crippen LogP contribution in [0.3, 0.4) is 0 Å². The van der Waals surface area contributed by atoms with Crippen molar-refractivity contribution in [2.24, 2.45) is 0 Å². The van der Waals surface area contributed by atoms with Crippen LogP contribution in [0.25, 0.3) is 0 Å². The Hall–Kier alpha value is -0.570. The first kappa shape index (κ1) is 13.9. The highest BCUT2D eigenvalue weighted by molar-refractivity contribution is 6.30. The van der Waals surface area contributed by atoms with Gasteiger partial charge >= 0.3 is 0 Å². The number of hydrogen-bond acceptors (Lipinski definition) is 2.